The normalized spacial score (nSPS) is 20.3. The molecule has 2 N–H and O–H groups in total. The summed E-state index contributed by atoms with van der Waals surface area (Å²) >= 11 is 0. The van der Waals surface area contributed by atoms with Gasteiger partial charge in [-0.15, -0.1) is 0 Å². The zero-order valence-electron chi connectivity index (χ0n) is 9.85. The summed E-state index contributed by atoms with van der Waals surface area (Å²) in [7, 11) is -3.26. The molecule has 0 amide bonds. The van der Waals surface area contributed by atoms with E-state index in [2.05, 4.69) is 10.0 Å². The standard InChI is InChI=1S/C11H18N2O3S/c1-9(11-3-2-8-16-11)13-17(14,15)10-4-6-12-7-5-10/h2-3,8-10,12-13H,4-7H2,1H3. The first kappa shape index (κ1) is 12.6. The van der Waals surface area contributed by atoms with Crippen molar-refractivity contribution >= 4 is 10.0 Å². The maximum atomic E-state index is 12.1. The van der Waals surface area contributed by atoms with Crippen LogP contribution in [-0.4, -0.2) is 26.8 Å². The molecule has 2 rings (SSSR count). The molecule has 2 heterocycles. The van der Waals surface area contributed by atoms with E-state index in [1.807, 2.05) is 0 Å². The summed E-state index contributed by atoms with van der Waals surface area (Å²) < 4.78 is 32.1. The molecule has 6 heteroatoms. The largest absolute Gasteiger partial charge is 0.468 e. The van der Waals surface area contributed by atoms with Crippen LogP contribution >= 0.6 is 0 Å². The molecule has 1 atom stereocenters. The van der Waals surface area contributed by atoms with Crippen LogP contribution in [-0.2, 0) is 10.0 Å². The number of rotatable bonds is 4. The van der Waals surface area contributed by atoms with Crippen LogP contribution in [0.25, 0.3) is 0 Å². The number of furan rings is 1. The van der Waals surface area contributed by atoms with Crippen molar-refractivity contribution < 1.29 is 12.8 Å². The van der Waals surface area contributed by atoms with Crippen molar-refractivity contribution in [3.8, 4) is 0 Å². The van der Waals surface area contributed by atoms with Crippen molar-refractivity contribution in [2.75, 3.05) is 13.1 Å². The topological polar surface area (TPSA) is 71.3 Å². The smallest absolute Gasteiger partial charge is 0.215 e. The zero-order chi connectivity index (χ0) is 12.3. The Kier molecular flexibility index (Phi) is 3.86. The SMILES string of the molecule is CC(NS(=O)(=O)C1CCNCC1)c1ccco1. The average Bonchev–Trinajstić information content (AvgIpc) is 2.83. The first-order valence-corrected chi connectivity index (χ1v) is 7.39. The van der Waals surface area contributed by atoms with Crippen LogP contribution in [0.5, 0.6) is 0 Å². The minimum atomic E-state index is -3.26. The number of hydrogen-bond donors (Lipinski definition) is 2. The van der Waals surface area contributed by atoms with E-state index < -0.39 is 10.0 Å². The third-order valence-corrected chi connectivity index (χ3v) is 5.07. The van der Waals surface area contributed by atoms with Crippen molar-refractivity contribution in [2.24, 2.45) is 0 Å². The van der Waals surface area contributed by atoms with Gasteiger partial charge in [-0.2, -0.15) is 0 Å². The lowest BCUT2D eigenvalue weighted by molar-refractivity contribution is 0.448. The van der Waals surface area contributed by atoms with E-state index in [-0.39, 0.29) is 11.3 Å². The highest BCUT2D eigenvalue weighted by molar-refractivity contribution is 7.90. The average molecular weight is 258 g/mol. The van der Waals surface area contributed by atoms with Crippen LogP contribution in [0.2, 0.25) is 0 Å². The Bertz CT molecular complexity index is 435. The van der Waals surface area contributed by atoms with E-state index in [9.17, 15) is 8.42 Å². The van der Waals surface area contributed by atoms with E-state index in [4.69, 9.17) is 4.42 Å². The molecule has 0 saturated carbocycles. The van der Waals surface area contributed by atoms with Crippen LogP contribution in [0.1, 0.15) is 31.6 Å². The molecule has 0 aromatic carbocycles. The van der Waals surface area contributed by atoms with Gasteiger partial charge in [0.05, 0.1) is 17.6 Å². The summed E-state index contributed by atoms with van der Waals surface area (Å²) in [5.74, 6) is 0.641. The monoisotopic (exact) mass is 258 g/mol. The number of piperidine rings is 1. The Morgan fingerprint density at radius 1 is 1.47 bits per heavy atom. The molecule has 1 aliphatic heterocycles. The fourth-order valence-corrected chi connectivity index (χ4v) is 3.70. The molecule has 1 aromatic heterocycles. The lowest BCUT2D eigenvalue weighted by Gasteiger charge is -2.24. The Balaban J connectivity index is 2.01. The molecule has 0 spiro atoms. The molecular weight excluding hydrogens is 240 g/mol. The number of sulfonamides is 1. The van der Waals surface area contributed by atoms with Crippen molar-refractivity contribution in [1.29, 1.82) is 0 Å². The van der Waals surface area contributed by atoms with Crippen molar-refractivity contribution in [3.63, 3.8) is 0 Å². The lowest BCUT2D eigenvalue weighted by atomic mass is 10.2. The molecule has 5 nitrogen and oxygen atoms in total. The minimum Gasteiger partial charge on any atom is -0.468 e. The van der Waals surface area contributed by atoms with Crippen LogP contribution in [0.15, 0.2) is 22.8 Å². The fourth-order valence-electron chi connectivity index (χ4n) is 2.04. The molecule has 0 aliphatic carbocycles. The van der Waals surface area contributed by atoms with Gasteiger partial charge in [0, 0.05) is 0 Å². The van der Waals surface area contributed by atoms with E-state index in [1.165, 1.54) is 0 Å². The molecule has 96 valence electrons. The molecule has 1 fully saturated rings. The second kappa shape index (κ2) is 5.20. The molecular formula is C11H18N2O3S. The first-order valence-electron chi connectivity index (χ1n) is 5.85. The lowest BCUT2D eigenvalue weighted by Crippen LogP contribution is -2.42. The summed E-state index contributed by atoms with van der Waals surface area (Å²) in [6.07, 6.45) is 2.88. The van der Waals surface area contributed by atoms with Gasteiger partial charge >= 0.3 is 0 Å². The minimum absolute atomic E-state index is 0.291. The van der Waals surface area contributed by atoms with Gasteiger partial charge in [0.1, 0.15) is 5.76 Å². The van der Waals surface area contributed by atoms with Gasteiger partial charge in [-0.05, 0) is 45.0 Å². The fraction of sp³-hybridized carbons (Fsp3) is 0.636. The summed E-state index contributed by atoms with van der Waals surface area (Å²) in [5.41, 5.74) is 0. The van der Waals surface area contributed by atoms with Gasteiger partial charge in [-0.25, -0.2) is 13.1 Å². The molecule has 0 radical (unpaired) electrons. The Morgan fingerprint density at radius 3 is 2.76 bits per heavy atom. The highest BCUT2D eigenvalue weighted by Crippen LogP contribution is 2.18. The van der Waals surface area contributed by atoms with E-state index in [1.54, 1.807) is 25.3 Å². The highest BCUT2D eigenvalue weighted by Gasteiger charge is 2.29. The molecule has 0 bridgehead atoms. The third-order valence-electron chi connectivity index (χ3n) is 3.04. The second-order valence-corrected chi connectivity index (χ2v) is 6.34. The van der Waals surface area contributed by atoms with Crippen LogP contribution in [0.4, 0.5) is 0 Å². The maximum Gasteiger partial charge on any atom is 0.215 e. The Hall–Kier alpha value is -0.850. The number of hydrogen-bond acceptors (Lipinski definition) is 4. The summed E-state index contributed by atoms with van der Waals surface area (Å²) in [6.45, 7) is 3.32. The van der Waals surface area contributed by atoms with Gasteiger partial charge in [0.15, 0.2) is 0 Å². The van der Waals surface area contributed by atoms with Crippen molar-refractivity contribution in [3.05, 3.63) is 24.2 Å². The highest BCUT2D eigenvalue weighted by atomic mass is 32.2. The summed E-state index contributed by atoms with van der Waals surface area (Å²) in [4.78, 5) is 0. The first-order chi connectivity index (χ1) is 8.09. The van der Waals surface area contributed by atoms with E-state index >= 15 is 0 Å². The molecule has 17 heavy (non-hydrogen) atoms. The van der Waals surface area contributed by atoms with Gasteiger partial charge in [-0.1, -0.05) is 0 Å². The van der Waals surface area contributed by atoms with Gasteiger partial charge < -0.3 is 9.73 Å². The third kappa shape index (κ3) is 3.08. The van der Waals surface area contributed by atoms with Gasteiger partial charge in [-0.3, -0.25) is 0 Å². The van der Waals surface area contributed by atoms with Crippen LogP contribution in [0, 0.1) is 0 Å². The summed E-state index contributed by atoms with van der Waals surface area (Å²) in [6, 6.07) is 3.21. The Morgan fingerprint density at radius 2 is 2.18 bits per heavy atom. The second-order valence-electron chi connectivity index (χ2n) is 4.35. The van der Waals surface area contributed by atoms with E-state index in [0.29, 0.717) is 18.6 Å². The van der Waals surface area contributed by atoms with Crippen LogP contribution in [0.3, 0.4) is 0 Å². The molecule has 1 aliphatic rings. The van der Waals surface area contributed by atoms with Crippen LogP contribution < -0.4 is 10.0 Å². The zero-order valence-corrected chi connectivity index (χ0v) is 10.7. The quantitative estimate of drug-likeness (QED) is 0.845. The van der Waals surface area contributed by atoms with Crippen molar-refractivity contribution in [1.82, 2.24) is 10.0 Å². The van der Waals surface area contributed by atoms with Gasteiger partial charge in [0.25, 0.3) is 0 Å². The molecule has 1 saturated heterocycles. The van der Waals surface area contributed by atoms with Gasteiger partial charge in [0.2, 0.25) is 10.0 Å². The Labute approximate surface area is 102 Å². The predicted octanol–water partition coefficient (Wildman–Crippen LogP) is 1.01. The molecule has 1 unspecified atom stereocenters. The van der Waals surface area contributed by atoms with E-state index in [0.717, 1.165) is 13.1 Å². The van der Waals surface area contributed by atoms with Crippen molar-refractivity contribution in [2.45, 2.75) is 31.1 Å². The maximum absolute atomic E-state index is 12.1. The summed E-state index contributed by atoms with van der Waals surface area (Å²) in [5, 5.41) is 2.87. The molecule has 1 aromatic rings. The predicted molar refractivity (Wildman–Crippen MR) is 65.1 cm³/mol. The number of nitrogens with one attached hydrogen (secondary N) is 2.